The zero-order valence-corrected chi connectivity index (χ0v) is 23.0. The molecule has 2 heterocycles. The molecule has 0 saturated heterocycles. The number of hydrogen-bond donors (Lipinski definition) is 0. The maximum Gasteiger partial charge on any atom is 0.223 e. The standard InChI is InChI=1S/C27H28ClF2N3O4S/c1-17-10-18(16-38(4,34)33-24-14-27(2,3)37-24)12-20(11-17)35-8-5-9-36-23-13-19(6-7-21(23)29)25-22(30)15-31-26(28)32-25/h6-7,10-15H,5,8-9,16H2,1-4H3. The van der Waals surface area contributed by atoms with E-state index >= 15 is 0 Å². The molecule has 0 N–H and O–H groups in total. The molecule has 7 nitrogen and oxygen atoms in total. The lowest BCUT2D eigenvalue weighted by atomic mass is 10.1. The van der Waals surface area contributed by atoms with Crippen molar-refractivity contribution >= 4 is 21.3 Å². The van der Waals surface area contributed by atoms with Gasteiger partial charge >= 0.3 is 0 Å². The molecule has 3 aromatic rings. The van der Waals surface area contributed by atoms with Crippen molar-refractivity contribution in [1.29, 1.82) is 0 Å². The zero-order valence-electron chi connectivity index (χ0n) is 21.5. The van der Waals surface area contributed by atoms with Gasteiger partial charge in [0.25, 0.3) is 0 Å². The number of benzene rings is 2. The van der Waals surface area contributed by atoms with E-state index in [1.165, 1.54) is 18.2 Å². The summed E-state index contributed by atoms with van der Waals surface area (Å²) in [5, 5.41) is -0.117. The topological polar surface area (TPSA) is 82.9 Å². The van der Waals surface area contributed by atoms with E-state index in [1.807, 2.05) is 45.0 Å². The van der Waals surface area contributed by atoms with Gasteiger partial charge in [-0.1, -0.05) is 6.07 Å². The third-order valence-electron chi connectivity index (χ3n) is 5.40. The van der Waals surface area contributed by atoms with E-state index < -0.39 is 21.4 Å². The van der Waals surface area contributed by atoms with E-state index in [-0.39, 0.29) is 34.7 Å². The Morgan fingerprint density at radius 1 is 1.11 bits per heavy atom. The van der Waals surface area contributed by atoms with Gasteiger partial charge in [0.15, 0.2) is 17.4 Å². The molecule has 0 spiro atoms. The smallest absolute Gasteiger partial charge is 0.223 e. The van der Waals surface area contributed by atoms with Crippen molar-refractivity contribution in [2.75, 3.05) is 19.5 Å². The second kappa shape index (κ2) is 11.2. The molecule has 38 heavy (non-hydrogen) atoms. The van der Waals surface area contributed by atoms with Crippen molar-refractivity contribution in [2.45, 2.75) is 38.5 Å². The van der Waals surface area contributed by atoms with E-state index in [0.29, 0.717) is 30.2 Å². The fraction of sp³-hybridized carbons (Fsp3) is 0.333. The van der Waals surface area contributed by atoms with E-state index in [9.17, 15) is 13.0 Å². The molecule has 1 atom stereocenters. The van der Waals surface area contributed by atoms with Crippen molar-refractivity contribution in [1.82, 2.24) is 9.97 Å². The molecule has 0 radical (unpaired) electrons. The van der Waals surface area contributed by atoms with E-state index in [1.54, 1.807) is 6.26 Å². The Labute approximate surface area is 226 Å². The first-order valence-electron chi connectivity index (χ1n) is 11.8. The molecule has 1 unspecified atom stereocenters. The molecule has 1 aliphatic heterocycles. The molecule has 1 aliphatic rings. The average molecular weight is 564 g/mol. The number of aryl methyl sites for hydroxylation is 1. The van der Waals surface area contributed by atoms with Gasteiger partial charge in [0.1, 0.15) is 17.0 Å². The van der Waals surface area contributed by atoms with E-state index in [0.717, 1.165) is 17.3 Å². The lowest BCUT2D eigenvalue weighted by molar-refractivity contribution is 0.0269. The van der Waals surface area contributed by atoms with Crippen molar-refractivity contribution in [3.05, 3.63) is 82.6 Å². The number of rotatable bonds is 10. The third-order valence-corrected chi connectivity index (χ3v) is 7.02. The summed E-state index contributed by atoms with van der Waals surface area (Å²) >= 11 is 5.76. The Hall–Kier alpha value is -3.24. The number of ether oxygens (including phenoxy) is 3. The Bertz CT molecular complexity index is 1500. The van der Waals surface area contributed by atoms with Crippen LogP contribution in [0, 0.1) is 18.6 Å². The van der Waals surface area contributed by atoms with Crippen LogP contribution >= 0.6 is 11.6 Å². The van der Waals surface area contributed by atoms with E-state index in [2.05, 4.69) is 14.3 Å². The van der Waals surface area contributed by atoms with Crippen LogP contribution < -0.4 is 9.47 Å². The first-order valence-corrected chi connectivity index (χ1v) is 14.3. The van der Waals surface area contributed by atoms with Crippen molar-refractivity contribution < 1.29 is 27.2 Å². The Kier molecular flexibility index (Phi) is 8.22. The highest BCUT2D eigenvalue weighted by Crippen LogP contribution is 2.30. The van der Waals surface area contributed by atoms with Gasteiger partial charge in [0, 0.05) is 24.3 Å². The fourth-order valence-electron chi connectivity index (χ4n) is 3.88. The van der Waals surface area contributed by atoms with Crippen LogP contribution in [0.1, 0.15) is 31.4 Å². The molecule has 0 bridgehead atoms. The summed E-state index contributed by atoms with van der Waals surface area (Å²) in [5.74, 6) is -0.0194. The number of hydrogen-bond acceptors (Lipinski definition) is 7. The molecule has 202 valence electrons. The SMILES string of the molecule is Cc1cc(CS(C)(=O)=NC2=CC(C)(C)O2)cc(OCCCOc2cc(-c3nc(Cl)ncc3F)ccc2F)c1. The molecule has 0 saturated carbocycles. The lowest BCUT2D eigenvalue weighted by Gasteiger charge is -2.31. The predicted octanol–water partition coefficient (Wildman–Crippen LogP) is 6.48. The van der Waals surface area contributed by atoms with Crippen molar-refractivity contribution in [2.24, 2.45) is 4.36 Å². The first-order chi connectivity index (χ1) is 17.9. The molecule has 11 heteroatoms. The Morgan fingerprint density at radius 2 is 1.84 bits per heavy atom. The molecular formula is C27H28ClF2N3O4S. The summed E-state index contributed by atoms with van der Waals surface area (Å²) in [6, 6.07) is 9.58. The molecule has 2 aromatic carbocycles. The highest BCUT2D eigenvalue weighted by molar-refractivity contribution is 7.92. The molecular weight excluding hydrogens is 536 g/mol. The van der Waals surface area contributed by atoms with E-state index in [4.69, 9.17) is 25.8 Å². The highest BCUT2D eigenvalue weighted by Gasteiger charge is 2.29. The van der Waals surface area contributed by atoms with Gasteiger partial charge < -0.3 is 14.2 Å². The van der Waals surface area contributed by atoms with Crippen LogP contribution in [0.2, 0.25) is 5.28 Å². The lowest BCUT2D eigenvalue weighted by Crippen LogP contribution is -2.30. The zero-order chi connectivity index (χ0) is 27.5. The predicted molar refractivity (Wildman–Crippen MR) is 143 cm³/mol. The normalized spacial score (nSPS) is 15.5. The van der Waals surface area contributed by atoms with Gasteiger partial charge in [-0.05, 0) is 73.8 Å². The van der Waals surface area contributed by atoms with Gasteiger partial charge in [-0.3, -0.25) is 0 Å². The Morgan fingerprint density at radius 3 is 2.58 bits per heavy atom. The van der Waals surface area contributed by atoms with Gasteiger partial charge in [-0.15, -0.1) is 0 Å². The van der Waals surface area contributed by atoms with Crippen LogP contribution in [0.4, 0.5) is 8.78 Å². The molecule has 0 aliphatic carbocycles. The summed E-state index contributed by atoms with van der Waals surface area (Å²) in [6.45, 7) is 6.21. The average Bonchev–Trinajstić information content (AvgIpc) is 2.79. The molecule has 0 amide bonds. The van der Waals surface area contributed by atoms with Crippen molar-refractivity contribution in [3.8, 4) is 22.8 Å². The second-order valence-electron chi connectivity index (χ2n) is 9.57. The summed E-state index contributed by atoms with van der Waals surface area (Å²) in [4.78, 5) is 7.45. The second-order valence-corrected chi connectivity index (χ2v) is 12.3. The minimum atomic E-state index is -2.54. The molecule has 4 rings (SSSR count). The van der Waals surface area contributed by atoms with Gasteiger partial charge in [-0.25, -0.2) is 23.0 Å². The minimum absolute atomic E-state index is 0.0372. The van der Waals surface area contributed by atoms with Crippen LogP contribution in [0.15, 0.2) is 58.9 Å². The molecule has 0 fully saturated rings. The van der Waals surface area contributed by atoms with Gasteiger partial charge in [0.05, 0.1) is 34.9 Å². The number of nitrogens with zero attached hydrogens (tertiary/aromatic N) is 3. The van der Waals surface area contributed by atoms with Crippen LogP contribution in [-0.4, -0.2) is 39.2 Å². The van der Waals surface area contributed by atoms with Crippen LogP contribution in [0.25, 0.3) is 11.3 Å². The van der Waals surface area contributed by atoms with Crippen molar-refractivity contribution in [3.63, 3.8) is 0 Å². The van der Waals surface area contributed by atoms with Gasteiger partial charge in [-0.2, -0.15) is 4.36 Å². The maximum absolute atomic E-state index is 14.3. The minimum Gasteiger partial charge on any atom is -0.493 e. The van der Waals surface area contributed by atoms with Gasteiger partial charge in [0.2, 0.25) is 11.2 Å². The monoisotopic (exact) mass is 563 g/mol. The highest BCUT2D eigenvalue weighted by atomic mass is 35.5. The van der Waals surface area contributed by atoms with Crippen LogP contribution in [-0.2, 0) is 20.2 Å². The quantitative estimate of drug-likeness (QED) is 0.207. The summed E-state index contributed by atoms with van der Waals surface area (Å²) in [6.07, 6.45) is 4.86. The van der Waals surface area contributed by atoms with Crippen LogP contribution in [0.5, 0.6) is 11.5 Å². The first kappa shape index (κ1) is 27.8. The third kappa shape index (κ3) is 7.41. The summed E-state index contributed by atoms with van der Waals surface area (Å²) in [5.41, 5.74) is 1.69. The fourth-order valence-corrected chi connectivity index (χ4v) is 5.33. The maximum atomic E-state index is 14.3. The summed E-state index contributed by atoms with van der Waals surface area (Å²) < 4.78 is 62.6. The summed E-state index contributed by atoms with van der Waals surface area (Å²) in [7, 11) is -2.54. The Balaban J connectivity index is 1.33. The molecule has 1 aromatic heterocycles. The largest absolute Gasteiger partial charge is 0.493 e. The van der Waals surface area contributed by atoms with Crippen LogP contribution in [0.3, 0.4) is 0 Å². The number of aromatic nitrogens is 2. The number of halogens is 3.